The van der Waals surface area contributed by atoms with Crippen LogP contribution in [-0.4, -0.2) is 50.5 Å². The summed E-state index contributed by atoms with van der Waals surface area (Å²) in [6.45, 7) is 4.38. The minimum absolute atomic E-state index is 0.222. The molecule has 160 valence electrons. The second kappa shape index (κ2) is 11.4. The van der Waals surface area contributed by atoms with Crippen molar-refractivity contribution in [3.8, 4) is 0 Å². The molecule has 6 nitrogen and oxygen atoms in total. The van der Waals surface area contributed by atoms with E-state index in [1.54, 1.807) is 7.05 Å². The van der Waals surface area contributed by atoms with Crippen molar-refractivity contribution < 1.29 is 4.79 Å². The number of aliphatic imine (C=N–C) groups is 1. The molecule has 1 heterocycles. The van der Waals surface area contributed by atoms with Crippen LogP contribution in [0.4, 0.5) is 5.69 Å². The van der Waals surface area contributed by atoms with E-state index in [0.717, 1.165) is 56.2 Å². The lowest BCUT2D eigenvalue weighted by Crippen LogP contribution is -2.38. The Morgan fingerprint density at radius 1 is 1.07 bits per heavy atom. The summed E-state index contributed by atoms with van der Waals surface area (Å²) in [6, 6.07) is 18.7. The number of hydrogen-bond donors (Lipinski definition) is 2. The van der Waals surface area contributed by atoms with Gasteiger partial charge in [0, 0.05) is 45.3 Å². The zero-order chi connectivity index (χ0) is 21.2. The van der Waals surface area contributed by atoms with Gasteiger partial charge in [-0.3, -0.25) is 9.79 Å². The Morgan fingerprint density at radius 3 is 2.50 bits per heavy atom. The van der Waals surface area contributed by atoms with E-state index < -0.39 is 0 Å². The quantitative estimate of drug-likeness (QED) is 0.381. The summed E-state index contributed by atoms with van der Waals surface area (Å²) in [6.07, 6.45) is 2.65. The molecule has 1 aliphatic rings. The fraction of sp³-hybridized carbons (Fsp3) is 0.417. The number of rotatable bonds is 9. The Morgan fingerprint density at radius 2 is 1.83 bits per heavy atom. The number of nitrogens with one attached hydrogen (secondary N) is 2. The number of carbonyl (C=O) groups excluding carboxylic acids is 1. The molecule has 0 spiro atoms. The zero-order valence-corrected chi connectivity index (χ0v) is 18.1. The summed E-state index contributed by atoms with van der Waals surface area (Å²) in [5.74, 6) is 1.03. The van der Waals surface area contributed by atoms with Crippen molar-refractivity contribution in [2.24, 2.45) is 4.99 Å². The molecule has 1 aliphatic heterocycles. The Labute approximate surface area is 180 Å². The van der Waals surface area contributed by atoms with Gasteiger partial charge in [0.1, 0.15) is 0 Å². The third-order valence-corrected chi connectivity index (χ3v) is 5.31. The highest BCUT2D eigenvalue weighted by molar-refractivity contribution is 5.95. The van der Waals surface area contributed by atoms with Crippen molar-refractivity contribution in [2.45, 2.75) is 32.4 Å². The van der Waals surface area contributed by atoms with Crippen LogP contribution in [0.5, 0.6) is 0 Å². The molecule has 0 radical (unpaired) electrons. The van der Waals surface area contributed by atoms with Crippen LogP contribution in [0.25, 0.3) is 0 Å². The number of anilines is 1. The summed E-state index contributed by atoms with van der Waals surface area (Å²) in [4.78, 5) is 20.4. The van der Waals surface area contributed by atoms with Crippen LogP contribution >= 0.6 is 0 Å². The molecule has 0 saturated carbocycles. The van der Waals surface area contributed by atoms with Gasteiger partial charge in [-0.2, -0.15) is 0 Å². The highest BCUT2D eigenvalue weighted by atomic mass is 16.2. The zero-order valence-electron chi connectivity index (χ0n) is 18.1. The van der Waals surface area contributed by atoms with Crippen molar-refractivity contribution in [1.82, 2.24) is 15.5 Å². The van der Waals surface area contributed by atoms with E-state index >= 15 is 0 Å². The molecule has 1 fully saturated rings. The molecule has 2 N–H and O–H groups in total. The molecule has 2 aromatic rings. The molecule has 30 heavy (non-hydrogen) atoms. The SMILES string of the molecule is CN=C(NCCCN(C)Cc1ccccc1)NCc1ccc(N2CCCC2=O)cc1. The molecule has 0 aromatic heterocycles. The Balaban J connectivity index is 1.35. The molecule has 0 unspecified atom stereocenters. The first-order chi connectivity index (χ1) is 14.7. The molecular weight excluding hydrogens is 374 g/mol. The number of hydrogen-bond acceptors (Lipinski definition) is 3. The standard InChI is InChI=1S/C24H33N5O/c1-25-24(26-15-7-16-28(2)19-21-8-4-3-5-9-21)27-18-20-11-13-22(14-12-20)29-17-6-10-23(29)30/h3-5,8-9,11-14H,6-7,10,15-19H2,1-2H3,(H2,25,26,27). The Kier molecular flexibility index (Phi) is 8.27. The predicted octanol–water partition coefficient (Wildman–Crippen LogP) is 3.00. The van der Waals surface area contributed by atoms with E-state index in [1.165, 1.54) is 5.56 Å². The average Bonchev–Trinajstić information content (AvgIpc) is 3.20. The molecule has 2 aromatic carbocycles. The Hall–Kier alpha value is -2.86. The molecule has 0 aliphatic carbocycles. The topological polar surface area (TPSA) is 60.0 Å². The lowest BCUT2D eigenvalue weighted by atomic mass is 10.2. The van der Waals surface area contributed by atoms with Crippen molar-refractivity contribution in [2.75, 3.05) is 38.6 Å². The maximum absolute atomic E-state index is 11.9. The van der Waals surface area contributed by atoms with Crippen LogP contribution < -0.4 is 15.5 Å². The van der Waals surface area contributed by atoms with Gasteiger partial charge in [-0.05, 0) is 49.7 Å². The fourth-order valence-electron chi connectivity index (χ4n) is 3.65. The summed E-state index contributed by atoms with van der Waals surface area (Å²) < 4.78 is 0. The Bertz CT molecular complexity index is 819. The largest absolute Gasteiger partial charge is 0.356 e. The second-order valence-electron chi connectivity index (χ2n) is 7.74. The van der Waals surface area contributed by atoms with Gasteiger partial charge in [-0.15, -0.1) is 0 Å². The van der Waals surface area contributed by atoms with Crippen LogP contribution in [-0.2, 0) is 17.9 Å². The van der Waals surface area contributed by atoms with Crippen LogP contribution in [0.1, 0.15) is 30.4 Å². The molecule has 1 amide bonds. The van der Waals surface area contributed by atoms with Crippen LogP contribution in [0, 0.1) is 0 Å². The van der Waals surface area contributed by atoms with Crippen molar-refractivity contribution >= 4 is 17.6 Å². The predicted molar refractivity (Wildman–Crippen MR) is 124 cm³/mol. The molecule has 3 rings (SSSR count). The van der Waals surface area contributed by atoms with Gasteiger partial charge >= 0.3 is 0 Å². The average molecular weight is 408 g/mol. The number of nitrogens with zero attached hydrogens (tertiary/aromatic N) is 3. The van der Waals surface area contributed by atoms with Crippen molar-refractivity contribution in [1.29, 1.82) is 0 Å². The smallest absolute Gasteiger partial charge is 0.227 e. The lowest BCUT2D eigenvalue weighted by molar-refractivity contribution is -0.117. The van der Waals surface area contributed by atoms with Gasteiger partial charge in [0.25, 0.3) is 0 Å². The van der Waals surface area contributed by atoms with E-state index in [4.69, 9.17) is 0 Å². The molecule has 0 bridgehead atoms. The summed E-state index contributed by atoms with van der Waals surface area (Å²) >= 11 is 0. The van der Waals surface area contributed by atoms with E-state index in [0.29, 0.717) is 13.0 Å². The van der Waals surface area contributed by atoms with Crippen molar-refractivity contribution in [3.05, 3.63) is 65.7 Å². The van der Waals surface area contributed by atoms with E-state index in [1.807, 2.05) is 17.0 Å². The van der Waals surface area contributed by atoms with Gasteiger partial charge in [0.2, 0.25) is 5.91 Å². The summed E-state index contributed by atoms with van der Waals surface area (Å²) in [5.41, 5.74) is 3.49. The maximum Gasteiger partial charge on any atom is 0.227 e. The highest BCUT2D eigenvalue weighted by Crippen LogP contribution is 2.21. The number of benzene rings is 2. The number of amides is 1. The minimum atomic E-state index is 0.222. The van der Waals surface area contributed by atoms with Crippen molar-refractivity contribution in [3.63, 3.8) is 0 Å². The lowest BCUT2D eigenvalue weighted by Gasteiger charge is -2.18. The fourth-order valence-corrected chi connectivity index (χ4v) is 3.65. The van der Waals surface area contributed by atoms with Gasteiger partial charge in [0.15, 0.2) is 5.96 Å². The minimum Gasteiger partial charge on any atom is -0.356 e. The summed E-state index contributed by atoms with van der Waals surface area (Å²) in [7, 11) is 3.94. The first kappa shape index (κ1) is 21.8. The first-order valence-electron chi connectivity index (χ1n) is 10.7. The van der Waals surface area contributed by atoms with Gasteiger partial charge in [0.05, 0.1) is 0 Å². The summed E-state index contributed by atoms with van der Waals surface area (Å²) in [5, 5.41) is 6.74. The number of guanidine groups is 1. The molecule has 1 saturated heterocycles. The number of carbonyl (C=O) groups is 1. The second-order valence-corrected chi connectivity index (χ2v) is 7.74. The first-order valence-corrected chi connectivity index (χ1v) is 10.7. The molecule has 6 heteroatoms. The maximum atomic E-state index is 11.9. The van der Waals surface area contributed by atoms with Gasteiger partial charge < -0.3 is 20.4 Å². The normalized spacial score (nSPS) is 14.4. The molecule has 0 atom stereocenters. The monoisotopic (exact) mass is 407 g/mol. The van der Waals surface area contributed by atoms with E-state index in [9.17, 15) is 4.79 Å². The van der Waals surface area contributed by atoms with Crippen LogP contribution in [0.15, 0.2) is 59.6 Å². The van der Waals surface area contributed by atoms with Crippen LogP contribution in [0.3, 0.4) is 0 Å². The van der Waals surface area contributed by atoms with Crippen LogP contribution in [0.2, 0.25) is 0 Å². The third-order valence-electron chi connectivity index (χ3n) is 5.31. The van der Waals surface area contributed by atoms with Gasteiger partial charge in [-0.25, -0.2) is 0 Å². The van der Waals surface area contributed by atoms with Gasteiger partial charge in [-0.1, -0.05) is 42.5 Å². The highest BCUT2D eigenvalue weighted by Gasteiger charge is 2.21. The van der Waals surface area contributed by atoms with E-state index in [-0.39, 0.29) is 5.91 Å². The van der Waals surface area contributed by atoms with E-state index in [2.05, 4.69) is 70.0 Å². The molecular formula is C24H33N5O. The third kappa shape index (κ3) is 6.59.